The van der Waals surface area contributed by atoms with Crippen LogP contribution in [0.4, 0.5) is 0 Å². The summed E-state index contributed by atoms with van der Waals surface area (Å²) in [6, 6.07) is 48.3. The third-order valence-electron chi connectivity index (χ3n) is 9.49. The smallest absolute Gasteiger partial charge is 0.164 e. The molecule has 0 N–H and O–H groups in total. The van der Waals surface area contributed by atoms with Gasteiger partial charge in [-0.15, -0.1) is 0 Å². The lowest BCUT2D eigenvalue weighted by Gasteiger charge is -2.15. The first-order valence-electron chi connectivity index (χ1n) is 16.6. The Morgan fingerprint density at radius 2 is 0.980 bits per heavy atom. The first kappa shape index (κ1) is 29.4. The van der Waals surface area contributed by atoms with Gasteiger partial charge >= 0.3 is 0 Å². The molecule has 9 aromatic rings. The molecule has 0 fully saturated rings. The van der Waals surface area contributed by atoms with E-state index in [1.807, 2.05) is 48.7 Å². The molecule has 2 heterocycles. The molecule has 0 unspecified atom stereocenters. The van der Waals surface area contributed by atoms with Crippen molar-refractivity contribution in [3.8, 4) is 45.3 Å². The summed E-state index contributed by atoms with van der Waals surface area (Å²) in [5, 5.41) is 7.80. The third kappa shape index (κ3) is 4.94. The van der Waals surface area contributed by atoms with Crippen molar-refractivity contribution in [1.82, 2.24) is 19.9 Å². The maximum absolute atomic E-state index is 5.24. The zero-order valence-electron chi connectivity index (χ0n) is 27.2. The van der Waals surface area contributed by atoms with E-state index in [-0.39, 0.29) is 0 Å². The molecule has 0 saturated heterocycles. The molecule has 4 nitrogen and oxygen atoms in total. The summed E-state index contributed by atoms with van der Waals surface area (Å²) in [6.07, 6.45) is 5.69. The molecule has 9 rings (SSSR count). The lowest BCUT2D eigenvalue weighted by molar-refractivity contribution is 1.08. The summed E-state index contributed by atoms with van der Waals surface area (Å²) < 4.78 is 0. The molecule has 0 amide bonds. The van der Waals surface area contributed by atoms with Crippen molar-refractivity contribution in [2.24, 2.45) is 0 Å². The van der Waals surface area contributed by atoms with Crippen LogP contribution in [0, 0.1) is 0 Å². The average Bonchev–Trinajstić information content (AvgIpc) is 3.19. The van der Waals surface area contributed by atoms with E-state index in [1.54, 1.807) is 0 Å². The van der Waals surface area contributed by atoms with Crippen molar-refractivity contribution in [2.75, 3.05) is 0 Å². The second-order valence-corrected chi connectivity index (χ2v) is 12.4. The summed E-state index contributed by atoms with van der Waals surface area (Å²) in [5.74, 6) is 1.81. The predicted molar refractivity (Wildman–Crippen MR) is 210 cm³/mol. The van der Waals surface area contributed by atoms with Crippen molar-refractivity contribution in [3.05, 3.63) is 170 Å². The van der Waals surface area contributed by atoms with E-state index < -0.39 is 0 Å². The lowest BCUT2D eigenvalue weighted by atomic mass is 9.94. The first-order chi connectivity index (χ1) is 24.7. The fourth-order valence-corrected chi connectivity index (χ4v) is 7.03. The van der Waals surface area contributed by atoms with E-state index in [0.717, 1.165) is 76.8 Å². The second-order valence-electron chi connectivity index (χ2n) is 12.4. The van der Waals surface area contributed by atoms with Gasteiger partial charge in [-0.05, 0) is 73.3 Å². The maximum Gasteiger partial charge on any atom is 0.164 e. The van der Waals surface area contributed by atoms with Crippen molar-refractivity contribution in [3.63, 3.8) is 0 Å². The van der Waals surface area contributed by atoms with Crippen LogP contribution >= 0.6 is 0 Å². The Hall–Kier alpha value is -6.78. The van der Waals surface area contributed by atoms with Crippen LogP contribution in [0.3, 0.4) is 0 Å². The molecule has 0 spiro atoms. The van der Waals surface area contributed by atoms with Gasteiger partial charge in [-0.3, -0.25) is 4.98 Å². The third-order valence-corrected chi connectivity index (χ3v) is 9.49. The van der Waals surface area contributed by atoms with E-state index in [1.165, 1.54) is 5.39 Å². The van der Waals surface area contributed by atoms with Gasteiger partial charge in [-0.25, -0.2) is 15.0 Å². The number of fused-ring (bicyclic) bond motifs is 5. The highest BCUT2D eigenvalue weighted by Crippen LogP contribution is 2.38. The van der Waals surface area contributed by atoms with Gasteiger partial charge in [0.25, 0.3) is 0 Å². The Bertz CT molecular complexity index is 2800. The van der Waals surface area contributed by atoms with Gasteiger partial charge in [0.2, 0.25) is 0 Å². The molecular formula is C46H30N4. The minimum Gasteiger partial charge on any atom is -0.256 e. The van der Waals surface area contributed by atoms with Gasteiger partial charge in [0.05, 0.1) is 5.52 Å². The molecule has 7 aromatic carbocycles. The predicted octanol–water partition coefficient (Wildman–Crippen LogP) is 11.8. The summed E-state index contributed by atoms with van der Waals surface area (Å²) in [7, 11) is 0. The zero-order chi connectivity index (χ0) is 33.6. The number of hydrogen-bond acceptors (Lipinski definition) is 4. The second kappa shape index (κ2) is 12.0. The molecule has 0 atom stereocenters. The lowest BCUT2D eigenvalue weighted by Crippen LogP contribution is -2.02. The SMILES string of the molecule is C=Cc1cc(-c2nc(-c3ccc(-c4cnc5ccccc5c4)cc3)nc(-c3cc4ccccc4c4ccccc34)n2)c2ccccc2c1C=C. The fourth-order valence-electron chi connectivity index (χ4n) is 7.03. The highest BCUT2D eigenvalue weighted by Gasteiger charge is 2.19. The standard InChI is InChI=1S/C46H30N4/c1-3-29-26-41(39-18-10-8-16-37(39)35(29)4-2)45-48-44(31-23-21-30(22-24-31)34-25-33-14-6-12-20-43(33)47-28-34)49-46(50-45)42-27-32-13-5-7-15-36(32)38-17-9-11-19-40(38)42/h3-28H,1-2H2. The van der Waals surface area contributed by atoms with E-state index in [2.05, 4.69) is 127 Å². The minimum atomic E-state index is 0.597. The normalized spacial score (nSPS) is 11.4. The number of pyridine rings is 1. The topological polar surface area (TPSA) is 51.6 Å². The Kier molecular flexibility index (Phi) is 7.07. The van der Waals surface area contributed by atoms with Crippen LogP contribution in [-0.4, -0.2) is 19.9 Å². The van der Waals surface area contributed by atoms with Crippen molar-refractivity contribution < 1.29 is 0 Å². The monoisotopic (exact) mass is 638 g/mol. The Labute approximate surface area is 289 Å². The highest BCUT2D eigenvalue weighted by molar-refractivity contribution is 6.13. The zero-order valence-corrected chi connectivity index (χ0v) is 27.2. The van der Waals surface area contributed by atoms with Gasteiger partial charge in [0.15, 0.2) is 17.5 Å². The molecule has 50 heavy (non-hydrogen) atoms. The number of nitrogens with zero attached hydrogens (tertiary/aromatic N) is 4. The van der Waals surface area contributed by atoms with E-state index in [4.69, 9.17) is 15.0 Å². The number of benzene rings is 7. The minimum absolute atomic E-state index is 0.597. The number of hydrogen-bond donors (Lipinski definition) is 0. The molecule has 4 heteroatoms. The van der Waals surface area contributed by atoms with Gasteiger partial charge in [0.1, 0.15) is 0 Å². The molecule has 2 aromatic heterocycles. The first-order valence-corrected chi connectivity index (χ1v) is 16.6. The van der Waals surface area contributed by atoms with Crippen molar-refractivity contribution in [1.29, 1.82) is 0 Å². The molecule has 0 saturated carbocycles. The maximum atomic E-state index is 5.24. The van der Waals surface area contributed by atoms with E-state index in [9.17, 15) is 0 Å². The number of aromatic nitrogens is 4. The quantitative estimate of drug-likeness (QED) is 0.170. The van der Waals surface area contributed by atoms with Gasteiger partial charge < -0.3 is 0 Å². The highest BCUT2D eigenvalue weighted by atomic mass is 15.0. The number of rotatable bonds is 6. The van der Waals surface area contributed by atoms with Gasteiger partial charge in [-0.1, -0.05) is 141 Å². The van der Waals surface area contributed by atoms with Crippen LogP contribution < -0.4 is 0 Å². The van der Waals surface area contributed by atoms with Crippen LogP contribution in [-0.2, 0) is 0 Å². The molecule has 0 aliphatic heterocycles. The summed E-state index contributed by atoms with van der Waals surface area (Å²) in [4.78, 5) is 20.3. The van der Waals surface area contributed by atoms with Crippen molar-refractivity contribution >= 4 is 55.4 Å². The average molecular weight is 639 g/mol. The molecular weight excluding hydrogens is 609 g/mol. The molecule has 0 aliphatic rings. The molecule has 234 valence electrons. The Balaban J connectivity index is 1.28. The molecule has 0 radical (unpaired) electrons. The van der Waals surface area contributed by atoms with Crippen LogP contribution in [0.5, 0.6) is 0 Å². The summed E-state index contributed by atoms with van der Waals surface area (Å²) in [6.45, 7) is 8.22. The van der Waals surface area contributed by atoms with Gasteiger partial charge in [-0.2, -0.15) is 0 Å². The molecule has 0 aliphatic carbocycles. The largest absolute Gasteiger partial charge is 0.256 e. The van der Waals surface area contributed by atoms with Gasteiger partial charge in [0, 0.05) is 33.8 Å². The van der Waals surface area contributed by atoms with Crippen LogP contribution in [0.1, 0.15) is 11.1 Å². The number of para-hydroxylation sites is 1. The van der Waals surface area contributed by atoms with Crippen LogP contribution in [0.15, 0.2) is 159 Å². The van der Waals surface area contributed by atoms with E-state index in [0.29, 0.717) is 17.5 Å². The van der Waals surface area contributed by atoms with E-state index >= 15 is 0 Å². The van der Waals surface area contributed by atoms with Crippen LogP contribution in [0.25, 0.3) is 101 Å². The summed E-state index contributed by atoms with van der Waals surface area (Å²) in [5.41, 5.74) is 7.88. The Morgan fingerprint density at radius 1 is 0.420 bits per heavy atom. The van der Waals surface area contributed by atoms with Crippen LogP contribution in [0.2, 0.25) is 0 Å². The van der Waals surface area contributed by atoms with Crippen molar-refractivity contribution in [2.45, 2.75) is 0 Å². The Morgan fingerprint density at radius 3 is 1.70 bits per heavy atom. The molecule has 0 bridgehead atoms. The fraction of sp³-hybridized carbons (Fsp3) is 0. The summed E-state index contributed by atoms with van der Waals surface area (Å²) >= 11 is 0.